The first-order valence-corrected chi connectivity index (χ1v) is 8.11. The number of aromatic nitrogens is 1. The molecule has 0 radical (unpaired) electrons. The van der Waals surface area contributed by atoms with E-state index in [1.165, 1.54) is 24.1 Å². The molecule has 0 aromatic carbocycles. The van der Waals surface area contributed by atoms with Gasteiger partial charge in [-0.3, -0.25) is 9.88 Å². The highest BCUT2D eigenvalue weighted by Crippen LogP contribution is 2.28. The van der Waals surface area contributed by atoms with E-state index >= 15 is 0 Å². The molecule has 21 heavy (non-hydrogen) atoms. The topological polar surface area (TPSA) is 31.4 Å². The molecule has 3 rings (SSSR count). The van der Waals surface area contributed by atoms with Crippen molar-refractivity contribution in [2.45, 2.75) is 51.7 Å². The van der Waals surface area contributed by atoms with E-state index in [1.54, 1.807) is 0 Å². The monoisotopic (exact) mass is 288 g/mol. The van der Waals surface area contributed by atoms with E-state index in [0.29, 0.717) is 0 Å². The van der Waals surface area contributed by atoms with Gasteiger partial charge < -0.3 is 10.2 Å². The summed E-state index contributed by atoms with van der Waals surface area (Å²) < 4.78 is 0. The number of piperazine rings is 1. The fourth-order valence-electron chi connectivity index (χ4n) is 2.99. The van der Waals surface area contributed by atoms with Crippen LogP contribution < -0.4 is 10.2 Å². The summed E-state index contributed by atoms with van der Waals surface area (Å²) in [6.45, 7) is 11.0. The van der Waals surface area contributed by atoms with Crippen molar-refractivity contribution in [3.05, 3.63) is 23.5 Å². The summed E-state index contributed by atoms with van der Waals surface area (Å²) in [6.07, 6.45) is 4.72. The molecule has 2 heterocycles. The highest BCUT2D eigenvalue weighted by atomic mass is 15.3. The largest absolute Gasteiger partial charge is 0.368 e. The number of nitrogens with zero attached hydrogens (tertiary/aromatic N) is 3. The Bertz CT molecular complexity index is 508. The molecule has 0 amide bonds. The van der Waals surface area contributed by atoms with E-state index in [-0.39, 0.29) is 5.54 Å². The molecule has 1 aliphatic heterocycles. The van der Waals surface area contributed by atoms with Crippen LogP contribution in [0.15, 0.2) is 12.3 Å². The molecule has 116 valence electrons. The van der Waals surface area contributed by atoms with Gasteiger partial charge in [0.15, 0.2) is 0 Å². The molecule has 1 aliphatic carbocycles. The van der Waals surface area contributed by atoms with E-state index in [2.05, 4.69) is 60.2 Å². The number of rotatable bonds is 4. The van der Waals surface area contributed by atoms with Crippen molar-refractivity contribution < 1.29 is 0 Å². The Labute approximate surface area is 128 Å². The number of hydrogen-bond acceptors (Lipinski definition) is 4. The molecule has 1 saturated carbocycles. The predicted octanol–water partition coefficient (Wildman–Crippen LogP) is 2.17. The van der Waals surface area contributed by atoms with Crippen LogP contribution in [0, 0.1) is 6.92 Å². The number of aryl methyl sites for hydroxylation is 1. The van der Waals surface area contributed by atoms with Crippen LogP contribution in [0.2, 0.25) is 0 Å². The molecule has 2 fully saturated rings. The third-order valence-corrected chi connectivity index (χ3v) is 4.91. The van der Waals surface area contributed by atoms with Crippen LogP contribution in [0.25, 0.3) is 0 Å². The Kier molecular flexibility index (Phi) is 3.93. The minimum Gasteiger partial charge on any atom is -0.368 e. The van der Waals surface area contributed by atoms with Crippen LogP contribution in [0.3, 0.4) is 0 Å². The maximum Gasteiger partial charge on any atom is 0.0446 e. The minimum atomic E-state index is 0.219. The van der Waals surface area contributed by atoms with E-state index in [4.69, 9.17) is 0 Å². The van der Waals surface area contributed by atoms with Crippen LogP contribution in [0.4, 0.5) is 5.69 Å². The van der Waals surface area contributed by atoms with Crippen molar-refractivity contribution in [2.24, 2.45) is 0 Å². The second-order valence-electron chi connectivity index (χ2n) is 7.27. The Morgan fingerprint density at radius 1 is 1.33 bits per heavy atom. The Morgan fingerprint density at radius 2 is 2.10 bits per heavy atom. The van der Waals surface area contributed by atoms with E-state index < -0.39 is 0 Å². The molecule has 0 atom stereocenters. The van der Waals surface area contributed by atoms with Crippen molar-refractivity contribution in [1.82, 2.24) is 15.2 Å². The molecule has 0 bridgehead atoms. The molecular formula is C17H28N4. The summed E-state index contributed by atoms with van der Waals surface area (Å²) in [7, 11) is 2.23. The van der Waals surface area contributed by atoms with E-state index in [1.807, 2.05) is 0 Å². The first-order chi connectivity index (χ1) is 9.95. The van der Waals surface area contributed by atoms with Gasteiger partial charge in [-0.05, 0) is 46.7 Å². The van der Waals surface area contributed by atoms with Gasteiger partial charge in [0, 0.05) is 60.9 Å². The zero-order chi connectivity index (χ0) is 15.0. The van der Waals surface area contributed by atoms with Crippen molar-refractivity contribution in [3.8, 4) is 0 Å². The summed E-state index contributed by atoms with van der Waals surface area (Å²) in [5.41, 5.74) is 4.04. The lowest BCUT2D eigenvalue weighted by atomic mass is 9.98. The molecule has 1 aromatic rings. The number of hydrogen-bond donors (Lipinski definition) is 1. The molecule has 2 aliphatic rings. The zero-order valence-electron chi connectivity index (χ0n) is 13.8. The second-order valence-corrected chi connectivity index (χ2v) is 7.27. The van der Waals surface area contributed by atoms with Crippen molar-refractivity contribution in [3.63, 3.8) is 0 Å². The first-order valence-electron chi connectivity index (χ1n) is 8.11. The fourth-order valence-corrected chi connectivity index (χ4v) is 2.99. The molecule has 0 unspecified atom stereocenters. The molecule has 0 spiro atoms. The lowest BCUT2D eigenvalue weighted by Crippen LogP contribution is -2.58. The van der Waals surface area contributed by atoms with Crippen LogP contribution in [0.1, 0.15) is 37.9 Å². The van der Waals surface area contributed by atoms with Crippen molar-refractivity contribution in [1.29, 1.82) is 0 Å². The van der Waals surface area contributed by atoms with Crippen LogP contribution in [-0.2, 0) is 6.54 Å². The molecule has 1 saturated heterocycles. The van der Waals surface area contributed by atoms with Crippen LogP contribution >= 0.6 is 0 Å². The summed E-state index contributed by atoms with van der Waals surface area (Å²) in [4.78, 5) is 9.51. The lowest BCUT2D eigenvalue weighted by Gasteiger charge is -2.46. The van der Waals surface area contributed by atoms with Gasteiger partial charge in [0.05, 0.1) is 0 Å². The highest BCUT2D eigenvalue weighted by Gasteiger charge is 2.32. The zero-order valence-corrected chi connectivity index (χ0v) is 13.8. The Balaban J connectivity index is 1.80. The van der Waals surface area contributed by atoms with Crippen LogP contribution in [0.5, 0.6) is 0 Å². The molecular weight excluding hydrogens is 260 g/mol. The van der Waals surface area contributed by atoms with Gasteiger partial charge in [-0.15, -0.1) is 0 Å². The number of anilines is 1. The SMILES string of the molecule is Cc1cc(N2CCN(C)C(C)(C)C2)c(CNC2CC2)cn1. The standard InChI is InChI=1S/C17H28N4/c1-13-9-16(14(10-18-13)11-19-15-5-6-15)21-8-7-20(4)17(2,3)12-21/h9-10,15,19H,5-8,11-12H2,1-4H3. The van der Waals surface area contributed by atoms with E-state index in [0.717, 1.165) is 37.9 Å². The Hall–Kier alpha value is -1.13. The third-order valence-electron chi connectivity index (χ3n) is 4.91. The smallest absolute Gasteiger partial charge is 0.0446 e. The molecule has 1 N–H and O–H groups in total. The third kappa shape index (κ3) is 3.38. The predicted molar refractivity (Wildman–Crippen MR) is 87.8 cm³/mol. The first kappa shape index (κ1) is 14.8. The summed E-state index contributed by atoms with van der Waals surface area (Å²) in [5.74, 6) is 0. The van der Waals surface area contributed by atoms with Gasteiger partial charge in [0.2, 0.25) is 0 Å². The Morgan fingerprint density at radius 3 is 2.76 bits per heavy atom. The van der Waals surface area contributed by atoms with E-state index in [9.17, 15) is 0 Å². The summed E-state index contributed by atoms with van der Waals surface area (Å²) in [6, 6.07) is 2.99. The average molecular weight is 288 g/mol. The van der Waals surface area contributed by atoms with Crippen molar-refractivity contribution in [2.75, 3.05) is 31.6 Å². The molecule has 4 heteroatoms. The summed E-state index contributed by atoms with van der Waals surface area (Å²) >= 11 is 0. The minimum absolute atomic E-state index is 0.219. The number of nitrogens with one attached hydrogen (secondary N) is 1. The highest BCUT2D eigenvalue weighted by molar-refractivity contribution is 5.54. The lowest BCUT2D eigenvalue weighted by molar-refractivity contribution is 0.138. The van der Waals surface area contributed by atoms with Crippen molar-refractivity contribution >= 4 is 5.69 Å². The summed E-state index contributed by atoms with van der Waals surface area (Å²) in [5, 5.41) is 3.62. The van der Waals surface area contributed by atoms with Gasteiger partial charge in [0.25, 0.3) is 0 Å². The van der Waals surface area contributed by atoms with Gasteiger partial charge in [-0.25, -0.2) is 0 Å². The van der Waals surface area contributed by atoms with Crippen LogP contribution in [-0.4, -0.2) is 48.1 Å². The van der Waals surface area contributed by atoms with Gasteiger partial charge in [-0.1, -0.05) is 0 Å². The number of likely N-dealkylation sites (N-methyl/N-ethyl adjacent to an activating group) is 1. The van der Waals surface area contributed by atoms with Gasteiger partial charge >= 0.3 is 0 Å². The van der Waals surface area contributed by atoms with Gasteiger partial charge in [0.1, 0.15) is 0 Å². The average Bonchev–Trinajstić information content (AvgIpc) is 3.24. The number of pyridine rings is 1. The quantitative estimate of drug-likeness (QED) is 0.920. The van der Waals surface area contributed by atoms with Gasteiger partial charge in [-0.2, -0.15) is 0 Å². The fraction of sp³-hybridized carbons (Fsp3) is 0.706. The maximum atomic E-state index is 4.51. The second kappa shape index (κ2) is 5.58. The molecule has 1 aromatic heterocycles. The maximum absolute atomic E-state index is 4.51. The normalized spacial score (nSPS) is 22.6. The molecule has 4 nitrogen and oxygen atoms in total.